The monoisotopic (exact) mass is 606 g/mol. The molecular weight excluding hydrogens is 568 g/mol. The molecule has 1 aliphatic heterocycles. The molecule has 1 N–H and O–H groups in total. The predicted octanol–water partition coefficient (Wildman–Crippen LogP) is 6.13. The Balaban J connectivity index is 1.60. The van der Waals surface area contributed by atoms with Crippen molar-refractivity contribution < 1.29 is 33.6 Å². The summed E-state index contributed by atoms with van der Waals surface area (Å²) in [5, 5.41) is 10.6. The van der Waals surface area contributed by atoms with Crippen LogP contribution >= 0.6 is 11.6 Å². The first kappa shape index (κ1) is 32.8. The Bertz CT molecular complexity index is 1290. The van der Waals surface area contributed by atoms with Crippen molar-refractivity contribution in [3.63, 3.8) is 0 Å². The van der Waals surface area contributed by atoms with Crippen LogP contribution in [0.1, 0.15) is 29.5 Å². The lowest BCUT2D eigenvalue weighted by Gasteiger charge is -2.45. The lowest BCUT2D eigenvalue weighted by Crippen LogP contribution is -2.61. The Morgan fingerprint density at radius 3 is 1.77 bits per heavy atom. The standard InChI is InChI=1S/C35H39ClO7/c1-25(36)18-19-29(37)20-30(38)21-31-32(40-22-26-12-6-3-7-13-26)33(41-23-27-14-8-4-9-15-27)34(35(39-2)43-31)42-24-28-16-10-5-11-17-28/h3-19,29,31-35,37H,1,20-24H2,2H3/b19-18+/t29-,31-,32-,33+,34-,35+/m1/s1. The zero-order valence-electron chi connectivity index (χ0n) is 24.3. The van der Waals surface area contributed by atoms with Gasteiger partial charge < -0.3 is 28.8 Å². The van der Waals surface area contributed by atoms with Crippen LogP contribution in [0.3, 0.4) is 0 Å². The van der Waals surface area contributed by atoms with Crippen molar-refractivity contribution in [3.05, 3.63) is 131 Å². The number of halogens is 1. The van der Waals surface area contributed by atoms with Crippen LogP contribution in [0.15, 0.2) is 115 Å². The highest BCUT2D eigenvalue weighted by atomic mass is 35.5. The number of ketones is 1. The van der Waals surface area contributed by atoms with Crippen molar-refractivity contribution in [1.29, 1.82) is 0 Å². The maximum atomic E-state index is 13.2. The van der Waals surface area contributed by atoms with Gasteiger partial charge in [0.2, 0.25) is 0 Å². The maximum absolute atomic E-state index is 13.2. The van der Waals surface area contributed by atoms with Crippen LogP contribution in [0.2, 0.25) is 0 Å². The zero-order chi connectivity index (χ0) is 30.4. The van der Waals surface area contributed by atoms with Gasteiger partial charge in [0.15, 0.2) is 6.29 Å². The van der Waals surface area contributed by atoms with E-state index in [-0.39, 0.29) is 30.3 Å². The van der Waals surface area contributed by atoms with E-state index >= 15 is 0 Å². The number of methoxy groups -OCH3 is 1. The van der Waals surface area contributed by atoms with Gasteiger partial charge in [-0.15, -0.1) is 0 Å². The number of carbonyl (C=O) groups excluding carboxylic acids is 1. The number of Topliss-reactive ketones (excluding diaryl/α,β-unsaturated/α-hetero) is 1. The second-order valence-corrected chi connectivity index (χ2v) is 10.9. The molecule has 1 saturated heterocycles. The number of ether oxygens (including phenoxy) is 5. The van der Waals surface area contributed by atoms with E-state index in [0.717, 1.165) is 16.7 Å². The average molecular weight is 607 g/mol. The number of aliphatic hydroxyl groups excluding tert-OH is 1. The molecule has 4 rings (SSSR count). The van der Waals surface area contributed by atoms with E-state index in [1.807, 2.05) is 91.0 Å². The first-order chi connectivity index (χ1) is 20.9. The molecule has 7 nitrogen and oxygen atoms in total. The average Bonchev–Trinajstić information content (AvgIpc) is 3.02. The van der Waals surface area contributed by atoms with E-state index in [4.69, 9.17) is 35.3 Å². The molecule has 0 spiro atoms. The van der Waals surface area contributed by atoms with Crippen LogP contribution in [0, 0.1) is 0 Å². The number of rotatable bonds is 16. The fourth-order valence-electron chi connectivity index (χ4n) is 4.92. The molecule has 3 aromatic rings. The molecule has 1 heterocycles. The van der Waals surface area contributed by atoms with Crippen molar-refractivity contribution in [1.82, 2.24) is 0 Å². The van der Waals surface area contributed by atoms with Gasteiger partial charge in [0.05, 0.1) is 32.0 Å². The zero-order valence-corrected chi connectivity index (χ0v) is 25.1. The van der Waals surface area contributed by atoms with Crippen molar-refractivity contribution in [2.75, 3.05) is 7.11 Å². The van der Waals surface area contributed by atoms with Crippen molar-refractivity contribution in [2.24, 2.45) is 0 Å². The van der Waals surface area contributed by atoms with Gasteiger partial charge in [-0.3, -0.25) is 4.79 Å². The third kappa shape index (κ3) is 10.5. The van der Waals surface area contributed by atoms with Gasteiger partial charge in [-0.1, -0.05) is 115 Å². The molecule has 1 fully saturated rings. The van der Waals surface area contributed by atoms with Crippen LogP contribution in [0.4, 0.5) is 0 Å². The van der Waals surface area contributed by atoms with Gasteiger partial charge in [0.1, 0.15) is 24.1 Å². The number of carbonyl (C=O) groups is 1. The Hall–Kier alpha value is -3.14. The summed E-state index contributed by atoms with van der Waals surface area (Å²) in [5.74, 6) is -0.212. The van der Waals surface area contributed by atoms with E-state index in [1.165, 1.54) is 19.3 Å². The Kier molecular flexibility index (Phi) is 13.1. The van der Waals surface area contributed by atoms with Crippen LogP contribution < -0.4 is 0 Å². The molecule has 6 atom stereocenters. The summed E-state index contributed by atoms with van der Waals surface area (Å²) in [6.07, 6.45) is -1.80. The van der Waals surface area contributed by atoms with E-state index < -0.39 is 36.8 Å². The van der Waals surface area contributed by atoms with Crippen LogP contribution in [-0.2, 0) is 48.3 Å². The molecule has 0 aliphatic carbocycles. The van der Waals surface area contributed by atoms with Crippen LogP contribution in [-0.4, -0.2) is 54.8 Å². The van der Waals surface area contributed by atoms with E-state index in [0.29, 0.717) is 13.2 Å². The summed E-state index contributed by atoms with van der Waals surface area (Å²) in [6.45, 7) is 4.44. The molecule has 0 amide bonds. The fourth-order valence-corrected chi connectivity index (χ4v) is 5.00. The highest BCUT2D eigenvalue weighted by Crippen LogP contribution is 2.32. The minimum Gasteiger partial charge on any atom is -0.389 e. The smallest absolute Gasteiger partial charge is 0.186 e. The largest absolute Gasteiger partial charge is 0.389 e. The number of benzene rings is 3. The van der Waals surface area contributed by atoms with Crippen molar-refractivity contribution in [2.45, 2.75) is 69.5 Å². The summed E-state index contributed by atoms with van der Waals surface area (Å²) in [5.41, 5.74) is 2.93. The second kappa shape index (κ2) is 17.2. The summed E-state index contributed by atoms with van der Waals surface area (Å²) in [7, 11) is 1.54. The molecule has 1 aliphatic rings. The van der Waals surface area contributed by atoms with E-state index in [2.05, 4.69) is 6.58 Å². The Labute approximate surface area is 258 Å². The Morgan fingerprint density at radius 1 is 0.837 bits per heavy atom. The van der Waals surface area contributed by atoms with Gasteiger partial charge in [-0.25, -0.2) is 0 Å². The lowest BCUT2D eigenvalue weighted by atomic mass is 9.93. The number of allylic oxidation sites excluding steroid dienone is 2. The number of hydrogen-bond acceptors (Lipinski definition) is 7. The highest BCUT2D eigenvalue weighted by molar-refractivity contribution is 6.30. The SMILES string of the molecule is C=C(Cl)/C=C/[C@@H](O)CC(=O)C[C@H]1O[C@H](OC)[C@H](OCc2ccccc2)[C@@H](OCc2ccccc2)[C@@H]1OCc1ccccc1. The third-order valence-corrected chi connectivity index (χ3v) is 7.17. The van der Waals surface area contributed by atoms with Crippen molar-refractivity contribution in [3.8, 4) is 0 Å². The van der Waals surface area contributed by atoms with Gasteiger partial charge in [0, 0.05) is 25.0 Å². The quantitative estimate of drug-likeness (QED) is 0.196. The molecule has 8 heteroatoms. The topological polar surface area (TPSA) is 83.5 Å². The lowest BCUT2D eigenvalue weighted by molar-refractivity contribution is -0.317. The normalized spacial score (nSPS) is 22.8. The van der Waals surface area contributed by atoms with E-state index in [1.54, 1.807) is 0 Å². The van der Waals surface area contributed by atoms with Gasteiger partial charge in [-0.2, -0.15) is 0 Å². The summed E-state index contributed by atoms with van der Waals surface area (Å²) < 4.78 is 31.6. The molecular formula is C35H39ClO7. The molecule has 0 aromatic heterocycles. The molecule has 0 saturated carbocycles. The molecule has 0 radical (unpaired) electrons. The second-order valence-electron chi connectivity index (χ2n) is 10.4. The van der Waals surface area contributed by atoms with Crippen molar-refractivity contribution >= 4 is 17.4 Å². The Morgan fingerprint density at radius 2 is 1.30 bits per heavy atom. The fraction of sp³-hybridized carbons (Fsp3) is 0.343. The van der Waals surface area contributed by atoms with Gasteiger partial charge >= 0.3 is 0 Å². The van der Waals surface area contributed by atoms with Gasteiger partial charge in [-0.05, 0) is 22.8 Å². The molecule has 0 unspecified atom stereocenters. The number of aliphatic hydroxyl groups is 1. The van der Waals surface area contributed by atoms with Gasteiger partial charge in [0.25, 0.3) is 0 Å². The summed E-state index contributed by atoms with van der Waals surface area (Å²) >= 11 is 5.77. The number of hydrogen-bond donors (Lipinski definition) is 1. The van der Waals surface area contributed by atoms with E-state index in [9.17, 15) is 9.90 Å². The first-order valence-electron chi connectivity index (χ1n) is 14.3. The molecule has 43 heavy (non-hydrogen) atoms. The maximum Gasteiger partial charge on any atom is 0.186 e. The highest BCUT2D eigenvalue weighted by Gasteiger charge is 2.49. The minimum atomic E-state index is -1.01. The predicted molar refractivity (Wildman–Crippen MR) is 165 cm³/mol. The molecule has 228 valence electrons. The first-order valence-corrected chi connectivity index (χ1v) is 14.7. The van der Waals surface area contributed by atoms with Crippen LogP contribution in [0.25, 0.3) is 0 Å². The molecule has 0 bridgehead atoms. The third-order valence-electron chi connectivity index (χ3n) is 7.04. The minimum absolute atomic E-state index is 0.0252. The van der Waals surface area contributed by atoms with Crippen LogP contribution in [0.5, 0.6) is 0 Å². The molecule has 3 aromatic carbocycles. The summed E-state index contributed by atoms with van der Waals surface area (Å²) in [4.78, 5) is 13.2. The summed E-state index contributed by atoms with van der Waals surface area (Å²) in [6, 6.07) is 29.4.